The van der Waals surface area contributed by atoms with Crippen LogP contribution in [0.15, 0.2) is 6.20 Å². The number of carbonyl (C=O) groups is 1. The van der Waals surface area contributed by atoms with Crippen molar-refractivity contribution in [2.45, 2.75) is 18.9 Å². The van der Waals surface area contributed by atoms with E-state index in [4.69, 9.17) is 16.7 Å². The molecule has 1 amide bonds. The van der Waals surface area contributed by atoms with Crippen molar-refractivity contribution in [3.8, 4) is 0 Å². The first kappa shape index (κ1) is 12.4. The first-order valence-electron chi connectivity index (χ1n) is 5.90. The van der Waals surface area contributed by atoms with Crippen LogP contribution in [0.4, 0.5) is 15.0 Å². The van der Waals surface area contributed by atoms with Gasteiger partial charge in [-0.25, -0.2) is 14.2 Å². The van der Waals surface area contributed by atoms with Gasteiger partial charge in [0.15, 0.2) is 11.6 Å². The third kappa shape index (κ3) is 2.18. The number of hydrogen-bond acceptors (Lipinski definition) is 4. The Balaban J connectivity index is 1.55. The van der Waals surface area contributed by atoms with Gasteiger partial charge >= 0.3 is 6.09 Å². The van der Waals surface area contributed by atoms with Crippen molar-refractivity contribution in [3.05, 3.63) is 17.3 Å². The van der Waals surface area contributed by atoms with Gasteiger partial charge in [0.05, 0.1) is 6.20 Å². The first-order valence-corrected chi connectivity index (χ1v) is 6.28. The second kappa shape index (κ2) is 4.19. The summed E-state index contributed by atoms with van der Waals surface area (Å²) in [7, 11) is 0. The topological polar surface area (TPSA) is 78.4 Å². The molecule has 19 heavy (non-hydrogen) atoms. The number of nitrogens with one attached hydrogen (secondary N) is 1. The van der Waals surface area contributed by atoms with Gasteiger partial charge in [-0.3, -0.25) is 0 Å². The molecule has 2 N–H and O–H groups in total. The number of nitrogens with zero attached hydrogens (tertiary/aromatic N) is 3. The fraction of sp³-hybridized carbons (Fsp3) is 0.545. The lowest BCUT2D eigenvalue weighted by Crippen LogP contribution is -2.66. The van der Waals surface area contributed by atoms with E-state index in [0.29, 0.717) is 13.1 Å². The molecule has 2 heterocycles. The summed E-state index contributed by atoms with van der Waals surface area (Å²) < 4.78 is 13.4. The van der Waals surface area contributed by atoms with Crippen LogP contribution >= 0.6 is 11.6 Å². The van der Waals surface area contributed by atoms with Crippen LogP contribution in [0.3, 0.4) is 0 Å². The highest BCUT2D eigenvalue weighted by Gasteiger charge is 2.54. The van der Waals surface area contributed by atoms with Crippen molar-refractivity contribution in [1.82, 2.24) is 14.9 Å². The molecule has 1 aromatic heterocycles. The molecule has 1 aliphatic heterocycles. The van der Waals surface area contributed by atoms with Gasteiger partial charge in [-0.2, -0.15) is 4.98 Å². The van der Waals surface area contributed by atoms with E-state index in [1.54, 1.807) is 0 Å². The molecular weight excluding hydrogens is 275 g/mol. The van der Waals surface area contributed by atoms with Crippen LogP contribution in [-0.4, -0.2) is 45.2 Å². The molecule has 1 aromatic rings. The predicted molar refractivity (Wildman–Crippen MR) is 65.7 cm³/mol. The fourth-order valence-corrected chi connectivity index (χ4v) is 3.02. The average molecular weight is 287 g/mol. The van der Waals surface area contributed by atoms with E-state index in [9.17, 15) is 9.18 Å². The largest absolute Gasteiger partial charge is 0.465 e. The molecule has 1 saturated carbocycles. The molecule has 0 unspecified atom stereocenters. The van der Waals surface area contributed by atoms with Crippen LogP contribution < -0.4 is 5.32 Å². The molecule has 2 aliphatic rings. The Morgan fingerprint density at radius 3 is 2.89 bits per heavy atom. The van der Waals surface area contributed by atoms with Gasteiger partial charge < -0.3 is 15.3 Å². The third-order valence-corrected chi connectivity index (χ3v) is 3.92. The molecule has 0 bridgehead atoms. The molecule has 1 aliphatic carbocycles. The van der Waals surface area contributed by atoms with Gasteiger partial charge in [0, 0.05) is 24.5 Å². The summed E-state index contributed by atoms with van der Waals surface area (Å²) in [5, 5.41) is 11.8. The van der Waals surface area contributed by atoms with E-state index >= 15 is 0 Å². The molecule has 2 fully saturated rings. The van der Waals surface area contributed by atoms with Gasteiger partial charge in [-0.1, -0.05) is 0 Å². The number of likely N-dealkylation sites (tertiary alicyclic amines) is 1. The summed E-state index contributed by atoms with van der Waals surface area (Å²) in [5.74, 6) is -0.430. The molecular formula is C11H12ClFN4O2. The van der Waals surface area contributed by atoms with Gasteiger partial charge in [0.2, 0.25) is 5.28 Å². The second-order valence-electron chi connectivity index (χ2n) is 5.22. The van der Waals surface area contributed by atoms with Crippen LogP contribution in [0.5, 0.6) is 0 Å². The van der Waals surface area contributed by atoms with E-state index in [-0.39, 0.29) is 22.6 Å². The molecule has 8 heteroatoms. The molecule has 1 saturated heterocycles. The SMILES string of the molecule is O=C(O)N1CC2(CC(Nc3nc(Cl)ncc3F)C2)C1. The zero-order valence-corrected chi connectivity index (χ0v) is 10.7. The minimum absolute atomic E-state index is 0.00127. The summed E-state index contributed by atoms with van der Waals surface area (Å²) in [6, 6.07) is 0.108. The first-order chi connectivity index (χ1) is 8.97. The minimum Gasteiger partial charge on any atom is -0.465 e. The van der Waals surface area contributed by atoms with Crippen molar-refractivity contribution < 1.29 is 14.3 Å². The van der Waals surface area contributed by atoms with Gasteiger partial charge in [-0.15, -0.1) is 0 Å². The lowest BCUT2D eigenvalue weighted by Gasteiger charge is -2.58. The van der Waals surface area contributed by atoms with Crippen LogP contribution in [0, 0.1) is 11.2 Å². The summed E-state index contributed by atoms with van der Waals surface area (Å²) in [6.07, 6.45) is 1.78. The Morgan fingerprint density at radius 2 is 2.26 bits per heavy atom. The zero-order valence-electron chi connectivity index (χ0n) is 9.94. The fourth-order valence-electron chi connectivity index (χ4n) is 2.88. The highest BCUT2D eigenvalue weighted by molar-refractivity contribution is 6.28. The monoisotopic (exact) mass is 286 g/mol. The molecule has 3 rings (SSSR count). The van der Waals surface area contributed by atoms with E-state index in [0.717, 1.165) is 19.0 Å². The van der Waals surface area contributed by atoms with Gasteiger partial charge in [0.1, 0.15) is 0 Å². The van der Waals surface area contributed by atoms with E-state index in [2.05, 4.69) is 15.3 Å². The van der Waals surface area contributed by atoms with E-state index < -0.39 is 11.9 Å². The average Bonchev–Trinajstić information content (AvgIpc) is 2.23. The Kier molecular flexibility index (Phi) is 2.74. The molecule has 0 atom stereocenters. The smallest absolute Gasteiger partial charge is 0.407 e. The summed E-state index contributed by atoms with van der Waals surface area (Å²) in [4.78, 5) is 19.4. The van der Waals surface area contributed by atoms with Gasteiger partial charge in [-0.05, 0) is 24.4 Å². The normalized spacial score (nSPS) is 20.8. The maximum absolute atomic E-state index is 13.4. The number of anilines is 1. The number of hydrogen-bond donors (Lipinski definition) is 2. The quantitative estimate of drug-likeness (QED) is 0.811. The molecule has 0 radical (unpaired) electrons. The van der Waals surface area contributed by atoms with Crippen LogP contribution in [-0.2, 0) is 0 Å². The lowest BCUT2D eigenvalue weighted by molar-refractivity contribution is -0.0520. The Hall–Kier alpha value is -1.63. The zero-order chi connectivity index (χ0) is 13.6. The summed E-state index contributed by atoms with van der Waals surface area (Å²) >= 11 is 5.61. The van der Waals surface area contributed by atoms with Gasteiger partial charge in [0.25, 0.3) is 0 Å². The van der Waals surface area contributed by atoms with E-state index in [1.807, 2.05) is 0 Å². The number of aromatic nitrogens is 2. The minimum atomic E-state index is -0.879. The molecule has 102 valence electrons. The summed E-state index contributed by atoms with van der Waals surface area (Å²) in [5.41, 5.74) is 0.0728. The number of amides is 1. The van der Waals surface area contributed by atoms with Crippen molar-refractivity contribution in [1.29, 1.82) is 0 Å². The Labute approximate surface area is 113 Å². The van der Waals surface area contributed by atoms with Crippen LogP contribution in [0.25, 0.3) is 0 Å². The highest BCUT2D eigenvalue weighted by Crippen LogP contribution is 2.49. The number of rotatable bonds is 2. The molecule has 1 spiro atoms. The lowest BCUT2D eigenvalue weighted by atomic mass is 9.61. The Morgan fingerprint density at radius 1 is 1.58 bits per heavy atom. The van der Waals surface area contributed by atoms with Crippen molar-refractivity contribution in [2.75, 3.05) is 18.4 Å². The Bertz CT molecular complexity index is 527. The van der Waals surface area contributed by atoms with Crippen LogP contribution in [0.1, 0.15) is 12.8 Å². The number of carboxylic acid groups (broad SMARTS) is 1. The van der Waals surface area contributed by atoms with Crippen LogP contribution in [0.2, 0.25) is 5.28 Å². The second-order valence-corrected chi connectivity index (χ2v) is 5.56. The maximum Gasteiger partial charge on any atom is 0.407 e. The third-order valence-electron chi connectivity index (χ3n) is 3.74. The predicted octanol–water partition coefficient (Wildman–Crippen LogP) is 1.82. The van der Waals surface area contributed by atoms with Crippen molar-refractivity contribution >= 4 is 23.5 Å². The van der Waals surface area contributed by atoms with Crippen molar-refractivity contribution in [3.63, 3.8) is 0 Å². The standard InChI is InChI=1S/C11H12ClFN4O2/c12-9-14-3-7(13)8(16-9)15-6-1-11(2-6)4-17(5-11)10(18)19/h3,6H,1-2,4-5H2,(H,18,19)(H,14,15,16). The molecule has 6 nitrogen and oxygen atoms in total. The van der Waals surface area contributed by atoms with Crippen molar-refractivity contribution in [2.24, 2.45) is 5.41 Å². The highest BCUT2D eigenvalue weighted by atomic mass is 35.5. The molecule has 0 aromatic carbocycles. The maximum atomic E-state index is 13.4. The summed E-state index contributed by atoms with van der Waals surface area (Å²) in [6.45, 7) is 1.13. The van der Waals surface area contributed by atoms with E-state index in [1.165, 1.54) is 4.90 Å². The number of halogens is 2.